The van der Waals surface area contributed by atoms with E-state index in [9.17, 15) is 19.5 Å². The van der Waals surface area contributed by atoms with Gasteiger partial charge >= 0.3 is 6.09 Å². The van der Waals surface area contributed by atoms with Gasteiger partial charge in [-0.25, -0.2) is 4.79 Å². The Balaban J connectivity index is 1.52. The van der Waals surface area contributed by atoms with Crippen LogP contribution in [0.4, 0.5) is 4.79 Å². The summed E-state index contributed by atoms with van der Waals surface area (Å²) >= 11 is 0. The van der Waals surface area contributed by atoms with E-state index in [0.29, 0.717) is 24.9 Å². The van der Waals surface area contributed by atoms with E-state index < -0.39 is 24.3 Å². The largest absolute Gasteiger partial charge is 0.445 e. The Morgan fingerprint density at radius 3 is 2.50 bits per heavy atom. The molecule has 1 aliphatic heterocycles. The first-order valence-corrected chi connectivity index (χ1v) is 11.5. The summed E-state index contributed by atoms with van der Waals surface area (Å²) in [6.07, 6.45) is 2.40. The van der Waals surface area contributed by atoms with Gasteiger partial charge in [0.1, 0.15) is 12.6 Å². The highest BCUT2D eigenvalue weighted by Gasteiger charge is 2.33. The average molecular weight is 469 g/mol. The molecule has 1 saturated heterocycles. The summed E-state index contributed by atoms with van der Waals surface area (Å²) in [6, 6.07) is 11.2. The van der Waals surface area contributed by atoms with Crippen molar-refractivity contribution in [3.8, 4) is 0 Å². The van der Waals surface area contributed by atoms with Crippen LogP contribution in [-0.4, -0.2) is 64.2 Å². The van der Waals surface area contributed by atoms with Crippen LogP contribution in [0, 0.1) is 5.92 Å². The number of pyridine rings is 1. The number of piperidine rings is 1. The SMILES string of the molecule is CC(C)C[C@H](NC(=O)c1ccncc1)C(=O)NC1CCN(C(=O)OCc2ccccc2)CC1O. The molecule has 1 aliphatic rings. The number of likely N-dealkylation sites (tertiary alicyclic amines) is 1. The number of carbonyl (C=O) groups excluding carboxylic acids is 3. The summed E-state index contributed by atoms with van der Waals surface area (Å²) in [5, 5.41) is 16.2. The number of aromatic nitrogens is 1. The first-order valence-electron chi connectivity index (χ1n) is 11.5. The number of amides is 3. The van der Waals surface area contributed by atoms with E-state index in [0.717, 1.165) is 5.56 Å². The van der Waals surface area contributed by atoms with Crippen molar-refractivity contribution in [1.29, 1.82) is 0 Å². The Kier molecular flexibility index (Phi) is 8.98. The Morgan fingerprint density at radius 1 is 1.15 bits per heavy atom. The molecule has 0 bridgehead atoms. The van der Waals surface area contributed by atoms with Gasteiger partial charge in [0, 0.05) is 24.5 Å². The second-order valence-electron chi connectivity index (χ2n) is 8.85. The number of aliphatic hydroxyl groups excluding tert-OH is 1. The molecule has 0 radical (unpaired) electrons. The molecule has 9 nitrogen and oxygen atoms in total. The van der Waals surface area contributed by atoms with E-state index in [-0.39, 0.29) is 30.9 Å². The minimum absolute atomic E-state index is 0.0524. The standard InChI is InChI=1S/C25H32N4O5/c1-17(2)14-21(28-23(31)19-8-11-26-12-9-19)24(32)27-20-10-13-29(15-22(20)30)25(33)34-16-18-6-4-3-5-7-18/h3-9,11-12,17,20-22,30H,10,13-16H2,1-2H3,(H,27,32)(H,28,31)/t20?,21-,22?/m0/s1. The number of β-amino-alcohol motifs (C(OH)–C–C–N with tert-alkyl or cyclic N) is 1. The molecule has 182 valence electrons. The lowest BCUT2D eigenvalue weighted by molar-refractivity contribution is -0.125. The van der Waals surface area contributed by atoms with Crippen molar-refractivity contribution in [2.45, 2.75) is 51.5 Å². The average Bonchev–Trinajstić information content (AvgIpc) is 2.84. The maximum absolute atomic E-state index is 13.0. The lowest BCUT2D eigenvalue weighted by atomic mass is 9.99. The molecule has 1 aromatic carbocycles. The van der Waals surface area contributed by atoms with Crippen molar-refractivity contribution in [3.63, 3.8) is 0 Å². The first kappa shape index (κ1) is 25.2. The second-order valence-corrected chi connectivity index (χ2v) is 8.85. The van der Waals surface area contributed by atoms with Gasteiger partial charge in [0.2, 0.25) is 5.91 Å². The molecule has 34 heavy (non-hydrogen) atoms. The number of nitrogens with zero attached hydrogens (tertiary/aromatic N) is 2. The van der Waals surface area contributed by atoms with Gasteiger partial charge < -0.3 is 25.4 Å². The normalized spacial score (nSPS) is 18.8. The lowest BCUT2D eigenvalue weighted by Crippen LogP contribution is -2.58. The van der Waals surface area contributed by atoms with Crippen molar-refractivity contribution in [2.24, 2.45) is 5.92 Å². The molecule has 2 unspecified atom stereocenters. The molecule has 2 heterocycles. The van der Waals surface area contributed by atoms with E-state index in [2.05, 4.69) is 15.6 Å². The highest BCUT2D eigenvalue weighted by atomic mass is 16.6. The number of rotatable bonds is 8. The molecule has 3 atom stereocenters. The van der Waals surface area contributed by atoms with Crippen LogP contribution in [0.5, 0.6) is 0 Å². The quantitative estimate of drug-likeness (QED) is 0.546. The van der Waals surface area contributed by atoms with Crippen LogP contribution in [0.2, 0.25) is 0 Å². The number of nitrogens with one attached hydrogen (secondary N) is 2. The van der Waals surface area contributed by atoms with Crippen LogP contribution >= 0.6 is 0 Å². The number of benzene rings is 1. The topological polar surface area (TPSA) is 121 Å². The van der Waals surface area contributed by atoms with Gasteiger partial charge in [-0.15, -0.1) is 0 Å². The molecule has 9 heteroatoms. The van der Waals surface area contributed by atoms with E-state index in [1.54, 1.807) is 12.1 Å². The summed E-state index contributed by atoms with van der Waals surface area (Å²) in [4.78, 5) is 43.3. The Hall–Kier alpha value is -3.46. The number of aliphatic hydroxyl groups is 1. The molecular formula is C25H32N4O5. The van der Waals surface area contributed by atoms with E-state index >= 15 is 0 Å². The van der Waals surface area contributed by atoms with Gasteiger partial charge in [-0.05, 0) is 36.5 Å². The Bertz CT molecular complexity index is 954. The highest BCUT2D eigenvalue weighted by molar-refractivity contribution is 5.97. The number of carbonyl (C=O) groups is 3. The molecule has 2 aromatic rings. The number of ether oxygens (including phenoxy) is 1. The third-order valence-corrected chi connectivity index (χ3v) is 5.64. The molecule has 0 saturated carbocycles. The van der Waals surface area contributed by atoms with Crippen LogP contribution in [0.15, 0.2) is 54.9 Å². The summed E-state index contributed by atoms with van der Waals surface area (Å²) in [5.74, 6) is -0.556. The van der Waals surface area contributed by atoms with Crippen LogP contribution < -0.4 is 10.6 Å². The Labute approximate surface area is 199 Å². The van der Waals surface area contributed by atoms with Gasteiger partial charge in [-0.1, -0.05) is 44.2 Å². The molecule has 3 rings (SSSR count). The minimum Gasteiger partial charge on any atom is -0.445 e. The van der Waals surface area contributed by atoms with Crippen molar-refractivity contribution >= 4 is 17.9 Å². The highest BCUT2D eigenvalue weighted by Crippen LogP contribution is 2.15. The molecule has 3 N–H and O–H groups in total. The molecule has 0 spiro atoms. The van der Waals surface area contributed by atoms with E-state index in [4.69, 9.17) is 4.74 Å². The maximum atomic E-state index is 13.0. The summed E-state index contributed by atoms with van der Waals surface area (Å²) < 4.78 is 5.34. The van der Waals surface area contributed by atoms with Crippen molar-refractivity contribution in [3.05, 3.63) is 66.0 Å². The van der Waals surface area contributed by atoms with Crippen LogP contribution in [0.1, 0.15) is 42.6 Å². The second kappa shape index (κ2) is 12.1. The maximum Gasteiger partial charge on any atom is 0.410 e. The predicted molar refractivity (Wildman–Crippen MR) is 126 cm³/mol. The van der Waals surface area contributed by atoms with Gasteiger partial charge in [-0.3, -0.25) is 14.6 Å². The summed E-state index contributed by atoms with van der Waals surface area (Å²) in [5.41, 5.74) is 1.29. The van der Waals surface area contributed by atoms with Crippen molar-refractivity contribution in [1.82, 2.24) is 20.5 Å². The molecule has 0 aliphatic carbocycles. The summed E-state index contributed by atoms with van der Waals surface area (Å²) in [6.45, 7) is 4.48. The van der Waals surface area contributed by atoms with Crippen LogP contribution in [-0.2, 0) is 16.1 Å². The zero-order valence-corrected chi connectivity index (χ0v) is 19.5. The van der Waals surface area contributed by atoms with Gasteiger partial charge in [0.15, 0.2) is 0 Å². The molecule has 1 aromatic heterocycles. The van der Waals surface area contributed by atoms with Crippen LogP contribution in [0.3, 0.4) is 0 Å². The van der Waals surface area contributed by atoms with Gasteiger partial charge in [-0.2, -0.15) is 0 Å². The van der Waals surface area contributed by atoms with E-state index in [1.807, 2.05) is 44.2 Å². The molecule has 3 amide bonds. The monoisotopic (exact) mass is 468 g/mol. The third kappa shape index (κ3) is 7.28. The molecule has 1 fully saturated rings. The van der Waals surface area contributed by atoms with Crippen LogP contribution in [0.25, 0.3) is 0 Å². The van der Waals surface area contributed by atoms with Gasteiger partial charge in [0.05, 0.1) is 18.7 Å². The number of hydrogen-bond donors (Lipinski definition) is 3. The first-order chi connectivity index (χ1) is 16.3. The third-order valence-electron chi connectivity index (χ3n) is 5.64. The zero-order valence-electron chi connectivity index (χ0n) is 19.5. The number of hydrogen-bond acceptors (Lipinski definition) is 6. The molecular weight excluding hydrogens is 436 g/mol. The predicted octanol–water partition coefficient (Wildman–Crippen LogP) is 2.11. The Morgan fingerprint density at radius 2 is 1.85 bits per heavy atom. The van der Waals surface area contributed by atoms with Crippen molar-refractivity contribution < 1.29 is 24.2 Å². The summed E-state index contributed by atoms with van der Waals surface area (Å²) in [7, 11) is 0. The smallest absolute Gasteiger partial charge is 0.410 e. The van der Waals surface area contributed by atoms with E-state index in [1.165, 1.54) is 17.3 Å². The zero-order chi connectivity index (χ0) is 24.5. The van der Waals surface area contributed by atoms with Crippen molar-refractivity contribution in [2.75, 3.05) is 13.1 Å². The fraction of sp³-hybridized carbons (Fsp3) is 0.440. The minimum atomic E-state index is -0.947. The fourth-order valence-electron chi connectivity index (χ4n) is 3.81. The van der Waals surface area contributed by atoms with Gasteiger partial charge in [0.25, 0.3) is 5.91 Å². The lowest BCUT2D eigenvalue weighted by Gasteiger charge is -2.36. The fourth-order valence-corrected chi connectivity index (χ4v) is 3.81.